The summed E-state index contributed by atoms with van der Waals surface area (Å²) in [4.78, 5) is 67.2. The van der Waals surface area contributed by atoms with Crippen LogP contribution in [0.1, 0.15) is 64.0 Å². The van der Waals surface area contributed by atoms with E-state index >= 15 is 0 Å². The van der Waals surface area contributed by atoms with E-state index in [4.69, 9.17) is 18.9 Å². The Balaban J connectivity index is 2.29. The molecule has 37 heavy (non-hydrogen) atoms. The van der Waals surface area contributed by atoms with Gasteiger partial charge in [-0.15, -0.1) is 0 Å². The van der Waals surface area contributed by atoms with Gasteiger partial charge in [0.2, 0.25) is 0 Å². The first-order chi connectivity index (χ1) is 17.3. The number of hydrogen-bond donors (Lipinski definition) is 1. The summed E-state index contributed by atoms with van der Waals surface area (Å²) in [6.45, 7) is 11.0. The van der Waals surface area contributed by atoms with Crippen LogP contribution in [0.5, 0.6) is 5.75 Å². The number of hydrogen-bond acceptors (Lipinski definition) is 10. The molecule has 1 amide bonds. The molecule has 0 saturated carbocycles. The molecule has 2 heterocycles. The van der Waals surface area contributed by atoms with Crippen LogP contribution >= 0.6 is 0 Å². The zero-order chi connectivity index (χ0) is 27.9. The first-order valence-electron chi connectivity index (χ1n) is 12.1. The third-order valence-corrected chi connectivity index (χ3v) is 5.54. The van der Waals surface area contributed by atoms with Crippen molar-refractivity contribution in [2.45, 2.75) is 73.1 Å². The number of carbonyl (C=O) groups is 5. The molecule has 0 radical (unpaired) electrons. The fourth-order valence-electron chi connectivity index (χ4n) is 3.51. The number of ether oxygens (including phenoxy) is 4. The Morgan fingerprint density at radius 2 is 1.89 bits per heavy atom. The predicted octanol–water partition coefficient (Wildman–Crippen LogP) is 2.44. The SMILES string of the molecule is CC[C@H]1C(=O)OC[C@H](NC(=O)c2nccc(C)c2OC(=O)C=C(C)C)C(=O)O[C@@H](C)[C@@H]1OC(=O)C(C)C. The highest BCUT2D eigenvalue weighted by molar-refractivity contribution is 5.99. The maximum atomic E-state index is 13.1. The Morgan fingerprint density at radius 1 is 1.22 bits per heavy atom. The topological polar surface area (TPSA) is 147 Å². The van der Waals surface area contributed by atoms with E-state index in [0.717, 1.165) is 0 Å². The van der Waals surface area contributed by atoms with Gasteiger partial charge in [0.25, 0.3) is 5.91 Å². The third-order valence-electron chi connectivity index (χ3n) is 5.54. The summed E-state index contributed by atoms with van der Waals surface area (Å²) >= 11 is 0. The highest BCUT2D eigenvalue weighted by Gasteiger charge is 2.41. The monoisotopic (exact) mass is 518 g/mol. The molecule has 1 aromatic heterocycles. The number of cyclic esters (lactones) is 2. The average molecular weight is 519 g/mol. The lowest BCUT2D eigenvalue weighted by Gasteiger charge is -2.29. The van der Waals surface area contributed by atoms with Crippen LogP contribution in [0.3, 0.4) is 0 Å². The van der Waals surface area contributed by atoms with E-state index in [1.54, 1.807) is 47.6 Å². The number of pyridine rings is 1. The van der Waals surface area contributed by atoms with E-state index < -0.39 is 66.5 Å². The lowest BCUT2D eigenvalue weighted by atomic mass is 9.95. The summed E-state index contributed by atoms with van der Waals surface area (Å²) in [5, 5.41) is 2.44. The number of rotatable bonds is 7. The largest absolute Gasteiger partial charge is 0.463 e. The second-order valence-corrected chi connectivity index (χ2v) is 9.32. The number of nitrogens with one attached hydrogen (secondary N) is 1. The van der Waals surface area contributed by atoms with Gasteiger partial charge >= 0.3 is 23.9 Å². The summed E-state index contributed by atoms with van der Waals surface area (Å²) in [6.07, 6.45) is 0.817. The predicted molar refractivity (Wildman–Crippen MR) is 130 cm³/mol. The van der Waals surface area contributed by atoms with Gasteiger partial charge in [0.1, 0.15) is 12.7 Å². The van der Waals surface area contributed by atoms with Crippen molar-refractivity contribution in [2.24, 2.45) is 11.8 Å². The van der Waals surface area contributed by atoms with Crippen molar-refractivity contribution in [3.8, 4) is 5.75 Å². The lowest BCUT2D eigenvalue weighted by molar-refractivity contribution is -0.176. The number of allylic oxidation sites excluding steroid dienone is 1. The molecule has 11 nitrogen and oxygen atoms in total. The molecule has 0 aromatic carbocycles. The molecule has 1 aliphatic heterocycles. The summed E-state index contributed by atoms with van der Waals surface area (Å²) in [7, 11) is 0. The molecule has 2 rings (SSSR count). The fourth-order valence-corrected chi connectivity index (χ4v) is 3.51. The zero-order valence-electron chi connectivity index (χ0n) is 22.2. The molecule has 1 aromatic rings. The molecule has 0 spiro atoms. The highest BCUT2D eigenvalue weighted by atomic mass is 16.6. The standard InChI is InChI=1S/C26H34N2O9/c1-8-17-22(37-24(31)14(4)5)16(7)35-26(33)18(12-34-25(17)32)28-23(30)20-21(15(6)9-10-27-20)36-19(29)11-13(2)3/h9-11,14,16-18,22H,8,12H2,1-7H3,(H,28,30)/t16-,17+,18-,22-/m0/s1. The minimum Gasteiger partial charge on any atom is -0.463 e. The molecule has 0 bridgehead atoms. The first kappa shape index (κ1) is 29.5. The Bertz CT molecular complexity index is 1080. The van der Waals surface area contributed by atoms with E-state index in [1.807, 2.05) is 0 Å². The quantitative estimate of drug-likeness (QED) is 0.324. The van der Waals surface area contributed by atoms with Crippen molar-refractivity contribution in [2.75, 3.05) is 6.61 Å². The van der Waals surface area contributed by atoms with Gasteiger partial charge in [-0.25, -0.2) is 14.6 Å². The van der Waals surface area contributed by atoms with Crippen molar-refractivity contribution in [1.82, 2.24) is 10.3 Å². The molecule has 1 saturated heterocycles. The normalized spacial score (nSPS) is 21.9. The summed E-state index contributed by atoms with van der Waals surface area (Å²) in [6, 6.07) is 0.169. The first-order valence-corrected chi connectivity index (χ1v) is 12.1. The van der Waals surface area contributed by atoms with Crippen molar-refractivity contribution in [1.29, 1.82) is 0 Å². The number of carbonyl (C=O) groups excluding carboxylic acids is 5. The fraction of sp³-hybridized carbons (Fsp3) is 0.538. The molecule has 1 aliphatic rings. The Kier molecular flexibility index (Phi) is 10.3. The summed E-state index contributed by atoms with van der Waals surface area (Å²) < 4.78 is 21.6. The lowest BCUT2D eigenvalue weighted by Crippen LogP contribution is -2.47. The number of aryl methyl sites for hydroxylation is 1. The number of aromatic nitrogens is 1. The van der Waals surface area contributed by atoms with Gasteiger partial charge < -0.3 is 24.3 Å². The third kappa shape index (κ3) is 7.86. The average Bonchev–Trinajstić information content (AvgIpc) is 2.84. The minimum absolute atomic E-state index is 0.0731. The molecule has 1 fully saturated rings. The van der Waals surface area contributed by atoms with Crippen LogP contribution in [0.15, 0.2) is 23.9 Å². The van der Waals surface area contributed by atoms with Crippen LogP contribution in [0.4, 0.5) is 0 Å². The number of esters is 4. The molecular formula is C26H34N2O9. The highest BCUT2D eigenvalue weighted by Crippen LogP contribution is 2.25. The van der Waals surface area contributed by atoms with Crippen molar-refractivity contribution in [3.05, 3.63) is 35.2 Å². The van der Waals surface area contributed by atoms with Crippen LogP contribution in [-0.2, 0) is 33.4 Å². The van der Waals surface area contributed by atoms with E-state index in [9.17, 15) is 24.0 Å². The smallest absolute Gasteiger partial charge is 0.336 e. The van der Waals surface area contributed by atoms with E-state index in [1.165, 1.54) is 19.2 Å². The number of amides is 1. The maximum Gasteiger partial charge on any atom is 0.336 e. The van der Waals surface area contributed by atoms with Gasteiger partial charge in [0.15, 0.2) is 23.6 Å². The summed E-state index contributed by atoms with van der Waals surface area (Å²) in [5.74, 6) is -5.09. The second-order valence-electron chi connectivity index (χ2n) is 9.32. The molecule has 202 valence electrons. The van der Waals surface area contributed by atoms with Crippen LogP contribution in [0, 0.1) is 18.8 Å². The van der Waals surface area contributed by atoms with Gasteiger partial charge in [-0.1, -0.05) is 26.3 Å². The van der Waals surface area contributed by atoms with Crippen molar-refractivity contribution < 1.29 is 42.9 Å². The van der Waals surface area contributed by atoms with Crippen LogP contribution in [-0.4, -0.2) is 59.6 Å². The van der Waals surface area contributed by atoms with Gasteiger partial charge in [-0.3, -0.25) is 14.4 Å². The van der Waals surface area contributed by atoms with Crippen LogP contribution in [0.25, 0.3) is 0 Å². The maximum absolute atomic E-state index is 13.1. The molecule has 0 unspecified atom stereocenters. The van der Waals surface area contributed by atoms with Gasteiger partial charge in [0, 0.05) is 12.3 Å². The summed E-state index contributed by atoms with van der Waals surface area (Å²) in [5.41, 5.74) is 0.927. The molecule has 1 N–H and O–H groups in total. The van der Waals surface area contributed by atoms with Gasteiger partial charge in [-0.2, -0.15) is 0 Å². The number of nitrogens with zero attached hydrogens (tertiary/aromatic N) is 1. The van der Waals surface area contributed by atoms with Crippen molar-refractivity contribution >= 4 is 29.8 Å². The molecular weight excluding hydrogens is 484 g/mol. The molecule has 0 aliphatic carbocycles. The Hall–Kier alpha value is -3.76. The van der Waals surface area contributed by atoms with Gasteiger partial charge in [-0.05, 0) is 45.7 Å². The molecule has 11 heteroatoms. The van der Waals surface area contributed by atoms with Crippen molar-refractivity contribution in [3.63, 3.8) is 0 Å². The van der Waals surface area contributed by atoms with Crippen LogP contribution in [0.2, 0.25) is 0 Å². The van der Waals surface area contributed by atoms with Crippen LogP contribution < -0.4 is 10.1 Å². The van der Waals surface area contributed by atoms with E-state index in [2.05, 4.69) is 10.3 Å². The Labute approximate surface area is 215 Å². The molecule has 4 atom stereocenters. The van der Waals surface area contributed by atoms with Gasteiger partial charge in [0.05, 0.1) is 11.8 Å². The second kappa shape index (κ2) is 13.0. The zero-order valence-corrected chi connectivity index (χ0v) is 22.2. The minimum atomic E-state index is -1.39. The van der Waals surface area contributed by atoms with E-state index in [-0.39, 0.29) is 17.9 Å². The van der Waals surface area contributed by atoms with E-state index in [0.29, 0.717) is 11.1 Å². The Morgan fingerprint density at radius 3 is 2.49 bits per heavy atom.